The second-order valence-electron chi connectivity index (χ2n) is 6.39. The molecule has 100 valence electrons. The van der Waals surface area contributed by atoms with E-state index in [0.29, 0.717) is 5.92 Å². The van der Waals surface area contributed by atoms with Gasteiger partial charge in [-0.2, -0.15) is 0 Å². The van der Waals surface area contributed by atoms with E-state index in [2.05, 4.69) is 26.1 Å². The van der Waals surface area contributed by atoms with Gasteiger partial charge < -0.3 is 10.4 Å². The molecule has 3 heteroatoms. The maximum Gasteiger partial charge on any atom is 0.123 e. The maximum atomic E-state index is 12.9. The molecular weight excluding hydrogens is 229 g/mol. The first kappa shape index (κ1) is 13.3. The summed E-state index contributed by atoms with van der Waals surface area (Å²) < 4.78 is 12.9. The molecule has 1 fully saturated rings. The predicted octanol–water partition coefficient (Wildman–Crippen LogP) is 3.42. The van der Waals surface area contributed by atoms with E-state index in [1.165, 1.54) is 12.1 Å². The normalized spacial score (nSPS) is 30.4. The molecule has 0 heterocycles. The first-order valence-corrected chi connectivity index (χ1v) is 6.52. The van der Waals surface area contributed by atoms with Crippen LogP contribution in [0.4, 0.5) is 10.1 Å². The lowest BCUT2D eigenvalue weighted by Crippen LogP contribution is -2.45. The summed E-state index contributed by atoms with van der Waals surface area (Å²) in [6.45, 7) is 6.73. The number of halogens is 1. The summed E-state index contributed by atoms with van der Waals surface area (Å²) in [6, 6.07) is 6.34. The van der Waals surface area contributed by atoms with E-state index in [-0.39, 0.29) is 23.4 Å². The molecule has 0 aliphatic heterocycles. The highest BCUT2D eigenvalue weighted by molar-refractivity contribution is 5.46. The molecule has 0 bridgehead atoms. The minimum atomic E-state index is -0.290. The number of rotatable bonds is 3. The van der Waals surface area contributed by atoms with E-state index in [1.807, 2.05) is 0 Å². The topological polar surface area (TPSA) is 32.3 Å². The van der Waals surface area contributed by atoms with Crippen LogP contribution in [-0.4, -0.2) is 17.3 Å². The van der Waals surface area contributed by atoms with Crippen molar-refractivity contribution in [2.45, 2.75) is 39.2 Å². The lowest BCUT2D eigenvalue weighted by atomic mass is 9.86. The average molecular weight is 251 g/mol. The maximum absolute atomic E-state index is 12.9. The third kappa shape index (κ3) is 2.51. The molecule has 0 aromatic heterocycles. The molecule has 2 atom stereocenters. The Balaban J connectivity index is 2.21. The van der Waals surface area contributed by atoms with Crippen LogP contribution in [0, 0.1) is 17.2 Å². The van der Waals surface area contributed by atoms with Crippen LogP contribution < -0.4 is 5.32 Å². The molecule has 1 aromatic carbocycles. The minimum absolute atomic E-state index is 0.106. The van der Waals surface area contributed by atoms with Gasteiger partial charge in [0.1, 0.15) is 5.82 Å². The fourth-order valence-corrected chi connectivity index (χ4v) is 3.36. The monoisotopic (exact) mass is 251 g/mol. The molecule has 1 saturated carbocycles. The van der Waals surface area contributed by atoms with Crippen molar-refractivity contribution in [2.24, 2.45) is 11.3 Å². The van der Waals surface area contributed by atoms with Gasteiger partial charge in [0.25, 0.3) is 0 Å². The van der Waals surface area contributed by atoms with Crippen LogP contribution in [0.2, 0.25) is 0 Å². The summed E-state index contributed by atoms with van der Waals surface area (Å²) in [6.07, 6.45) is 2.01. The van der Waals surface area contributed by atoms with Crippen LogP contribution in [-0.2, 0) is 0 Å². The SMILES string of the molecule is CC1CC(C)(C)CC1(CO)Nc1ccc(F)cc1. The fraction of sp³-hybridized carbons (Fsp3) is 0.600. The lowest BCUT2D eigenvalue weighted by Gasteiger charge is -2.34. The van der Waals surface area contributed by atoms with Crippen molar-refractivity contribution in [3.63, 3.8) is 0 Å². The van der Waals surface area contributed by atoms with Crippen molar-refractivity contribution >= 4 is 5.69 Å². The highest BCUT2D eigenvalue weighted by Crippen LogP contribution is 2.48. The smallest absolute Gasteiger partial charge is 0.123 e. The van der Waals surface area contributed by atoms with Crippen LogP contribution in [0.15, 0.2) is 24.3 Å². The van der Waals surface area contributed by atoms with Gasteiger partial charge in [-0.15, -0.1) is 0 Å². The number of hydrogen-bond donors (Lipinski definition) is 2. The first-order valence-electron chi connectivity index (χ1n) is 6.52. The van der Waals surface area contributed by atoms with Gasteiger partial charge in [-0.05, 0) is 48.4 Å². The Morgan fingerprint density at radius 1 is 1.33 bits per heavy atom. The summed E-state index contributed by atoms with van der Waals surface area (Å²) in [5.74, 6) is 0.154. The third-order valence-electron chi connectivity index (χ3n) is 4.12. The van der Waals surface area contributed by atoms with Gasteiger partial charge in [0.05, 0.1) is 12.1 Å². The van der Waals surface area contributed by atoms with E-state index in [9.17, 15) is 9.50 Å². The Labute approximate surface area is 108 Å². The highest BCUT2D eigenvalue weighted by atomic mass is 19.1. The standard InChI is InChI=1S/C15H22FNO/c1-11-8-14(2,3)9-15(11,10-18)17-13-6-4-12(16)5-7-13/h4-7,11,17-18H,8-10H2,1-3H3. The zero-order chi connectivity index (χ0) is 13.4. The van der Waals surface area contributed by atoms with Gasteiger partial charge in [0.2, 0.25) is 0 Å². The van der Waals surface area contributed by atoms with Gasteiger partial charge in [-0.25, -0.2) is 4.39 Å². The van der Waals surface area contributed by atoms with Crippen molar-refractivity contribution in [2.75, 3.05) is 11.9 Å². The Morgan fingerprint density at radius 2 is 1.94 bits per heavy atom. The number of anilines is 1. The van der Waals surface area contributed by atoms with Crippen molar-refractivity contribution in [3.8, 4) is 0 Å². The van der Waals surface area contributed by atoms with Gasteiger partial charge in [0, 0.05) is 5.69 Å². The fourth-order valence-electron chi connectivity index (χ4n) is 3.36. The van der Waals surface area contributed by atoms with Crippen molar-refractivity contribution < 1.29 is 9.50 Å². The Kier molecular flexibility index (Phi) is 3.37. The van der Waals surface area contributed by atoms with Crippen LogP contribution in [0.1, 0.15) is 33.6 Å². The Morgan fingerprint density at radius 3 is 2.39 bits per heavy atom. The molecular formula is C15H22FNO. The number of nitrogens with one attached hydrogen (secondary N) is 1. The minimum Gasteiger partial charge on any atom is -0.394 e. The van der Waals surface area contributed by atoms with E-state index < -0.39 is 0 Å². The summed E-state index contributed by atoms with van der Waals surface area (Å²) in [4.78, 5) is 0. The molecule has 1 aliphatic carbocycles. The van der Waals surface area contributed by atoms with E-state index in [4.69, 9.17) is 0 Å². The molecule has 0 radical (unpaired) electrons. The van der Waals surface area contributed by atoms with Crippen LogP contribution in [0.3, 0.4) is 0 Å². The molecule has 0 spiro atoms. The molecule has 0 saturated heterocycles. The Bertz CT molecular complexity index is 415. The highest BCUT2D eigenvalue weighted by Gasteiger charge is 2.48. The van der Waals surface area contributed by atoms with E-state index in [0.717, 1.165) is 18.5 Å². The Hall–Kier alpha value is -1.09. The average Bonchev–Trinajstić information content (AvgIpc) is 2.52. The molecule has 2 rings (SSSR count). The third-order valence-corrected chi connectivity index (χ3v) is 4.12. The zero-order valence-corrected chi connectivity index (χ0v) is 11.3. The van der Waals surface area contributed by atoms with E-state index in [1.54, 1.807) is 12.1 Å². The summed E-state index contributed by atoms with van der Waals surface area (Å²) >= 11 is 0. The number of hydrogen-bond acceptors (Lipinski definition) is 2. The molecule has 0 amide bonds. The van der Waals surface area contributed by atoms with Crippen LogP contribution >= 0.6 is 0 Å². The first-order chi connectivity index (χ1) is 8.37. The van der Waals surface area contributed by atoms with Crippen molar-refractivity contribution in [1.82, 2.24) is 0 Å². The molecule has 1 aliphatic rings. The number of aliphatic hydroxyl groups excluding tert-OH is 1. The van der Waals surface area contributed by atoms with Gasteiger partial charge in [-0.1, -0.05) is 20.8 Å². The molecule has 18 heavy (non-hydrogen) atoms. The molecule has 2 nitrogen and oxygen atoms in total. The molecule has 1 aromatic rings. The number of aliphatic hydroxyl groups is 1. The van der Waals surface area contributed by atoms with Gasteiger partial charge >= 0.3 is 0 Å². The largest absolute Gasteiger partial charge is 0.394 e. The number of benzene rings is 1. The van der Waals surface area contributed by atoms with Crippen molar-refractivity contribution in [1.29, 1.82) is 0 Å². The van der Waals surface area contributed by atoms with Gasteiger partial charge in [-0.3, -0.25) is 0 Å². The van der Waals surface area contributed by atoms with E-state index >= 15 is 0 Å². The molecule has 2 N–H and O–H groups in total. The molecule has 2 unspecified atom stereocenters. The second-order valence-corrected chi connectivity index (χ2v) is 6.39. The summed E-state index contributed by atoms with van der Waals surface area (Å²) in [5, 5.41) is 13.2. The van der Waals surface area contributed by atoms with Crippen LogP contribution in [0.5, 0.6) is 0 Å². The summed E-state index contributed by atoms with van der Waals surface area (Å²) in [7, 11) is 0. The summed E-state index contributed by atoms with van der Waals surface area (Å²) in [5.41, 5.74) is 0.811. The quantitative estimate of drug-likeness (QED) is 0.862. The van der Waals surface area contributed by atoms with Gasteiger partial charge in [0.15, 0.2) is 0 Å². The zero-order valence-electron chi connectivity index (χ0n) is 11.3. The van der Waals surface area contributed by atoms with Crippen molar-refractivity contribution in [3.05, 3.63) is 30.1 Å². The predicted molar refractivity (Wildman–Crippen MR) is 72.0 cm³/mol. The van der Waals surface area contributed by atoms with Crippen LogP contribution in [0.25, 0.3) is 0 Å². The second kappa shape index (κ2) is 4.54. The lowest BCUT2D eigenvalue weighted by molar-refractivity contribution is 0.179.